The fourth-order valence-electron chi connectivity index (χ4n) is 4.29. The quantitative estimate of drug-likeness (QED) is 0.782. The molecule has 0 aliphatic heterocycles. The second kappa shape index (κ2) is 8.59. The van der Waals surface area contributed by atoms with Crippen molar-refractivity contribution in [1.29, 1.82) is 0 Å². The van der Waals surface area contributed by atoms with Crippen LogP contribution in [0.3, 0.4) is 0 Å². The van der Waals surface area contributed by atoms with Gasteiger partial charge in [0.2, 0.25) is 5.91 Å². The van der Waals surface area contributed by atoms with E-state index in [2.05, 4.69) is 19.9 Å². The first-order valence-corrected chi connectivity index (χ1v) is 9.74. The number of Topliss-reactive ketones (excluding diaryl/α,β-unsaturated/α-hetero) is 1. The number of anilines is 1. The molecule has 0 spiro atoms. The largest absolute Gasteiger partial charge is 0.470 e. The zero-order chi connectivity index (χ0) is 20.3. The maximum Gasteiger partial charge on any atom is 0.470 e. The molecule has 0 saturated heterocycles. The van der Waals surface area contributed by atoms with Crippen LogP contribution >= 0.6 is 0 Å². The number of nitrogens with one attached hydrogen (secondary N) is 1. The fourth-order valence-corrected chi connectivity index (χ4v) is 4.29. The summed E-state index contributed by atoms with van der Waals surface area (Å²) in [4.78, 5) is 24.8. The lowest BCUT2D eigenvalue weighted by atomic mass is 9.72. The summed E-state index contributed by atoms with van der Waals surface area (Å²) in [6.07, 6.45) is 2.19. The van der Waals surface area contributed by atoms with E-state index in [4.69, 9.17) is 5.73 Å². The molecule has 0 bridgehead atoms. The Morgan fingerprint density at radius 3 is 2.36 bits per heavy atom. The Morgan fingerprint density at radius 2 is 1.75 bits per heavy atom. The van der Waals surface area contributed by atoms with Crippen LogP contribution in [-0.2, 0) is 15.8 Å². The van der Waals surface area contributed by atoms with Gasteiger partial charge in [-0.1, -0.05) is 17.9 Å². The average molecular weight is 402 g/mol. The van der Waals surface area contributed by atoms with Crippen molar-refractivity contribution in [1.82, 2.24) is 10.2 Å². The van der Waals surface area contributed by atoms with Crippen molar-refractivity contribution in [3.8, 4) is 0 Å². The molecule has 156 valence electrons. The second-order valence-electron chi connectivity index (χ2n) is 7.84. The molecule has 3 N–H and O–H groups in total. The van der Waals surface area contributed by atoms with Crippen molar-refractivity contribution in [3.05, 3.63) is 5.89 Å². The minimum Gasteiger partial charge on any atom is -0.399 e. The molecule has 7 nitrogen and oxygen atoms in total. The number of amides is 1. The number of halogens is 3. The van der Waals surface area contributed by atoms with Gasteiger partial charge in [0, 0.05) is 24.3 Å². The van der Waals surface area contributed by atoms with Gasteiger partial charge in [0.15, 0.2) is 0 Å². The zero-order valence-corrected chi connectivity index (χ0v) is 15.5. The lowest BCUT2D eigenvalue weighted by Crippen LogP contribution is -2.41. The van der Waals surface area contributed by atoms with E-state index in [0.29, 0.717) is 0 Å². The summed E-state index contributed by atoms with van der Waals surface area (Å²) >= 11 is 0. The number of ketones is 1. The lowest BCUT2D eigenvalue weighted by Gasteiger charge is -2.33. The van der Waals surface area contributed by atoms with Gasteiger partial charge in [0.1, 0.15) is 5.78 Å². The van der Waals surface area contributed by atoms with Gasteiger partial charge in [-0.15, -0.1) is 5.10 Å². The van der Waals surface area contributed by atoms with Crippen LogP contribution in [-0.4, -0.2) is 27.9 Å². The molecule has 1 aromatic rings. The van der Waals surface area contributed by atoms with Crippen molar-refractivity contribution in [2.24, 2.45) is 23.5 Å². The highest BCUT2D eigenvalue weighted by Crippen LogP contribution is 2.36. The minimum absolute atomic E-state index is 0.00116. The predicted octanol–water partition coefficient (Wildman–Crippen LogP) is 3.31. The Morgan fingerprint density at radius 1 is 1.07 bits per heavy atom. The molecule has 10 heteroatoms. The van der Waals surface area contributed by atoms with Crippen LogP contribution in [0.2, 0.25) is 0 Å². The maximum atomic E-state index is 12.7. The molecule has 3 rings (SSSR count). The molecule has 2 aliphatic rings. The van der Waals surface area contributed by atoms with Crippen LogP contribution in [0.25, 0.3) is 0 Å². The summed E-state index contributed by atoms with van der Waals surface area (Å²) in [5.41, 5.74) is 6.12. The van der Waals surface area contributed by atoms with Crippen molar-refractivity contribution in [2.45, 2.75) is 70.0 Å². The van der Waals surface area contributed by atoms with E-state index in [-0.39, 0.29) is 36.0 Å². The average Bonchev–Trinajstić information content (AvgIpc) is 3.11. The molecule has 1 aromatic heterocycles. The van der Waals surface area contributed by atoms with Crippen LogP contribution in [0.1, 0.15) is 63.7 Å². The summed E-state index contributed by atoms with van der Waals surface area (Å²) in [5.74, 6) is -1.67. The number of alkyl halides is 3. The number of nitrogens with zero attached hydrogens (tertiary/aromatic N) is 2. The highest BCUT2D eigenvalue weighted by atomic mass is 19.4. The monoisotopic (exact) mass is 402 g/mol. The van der Waals surface area contributed by atoms with Crippen LogP contribution in [0.5, 0.6) is 0 Å². The number of rotatable bonds is 5. The Balaban J connectivity index is 1.44. The molecule has 2 atom stereocenters. The third-order valence-electron chi connectivity index (χ3n) is 5.82. The van der Waals surface area contributed by atoms with Gasteiger partial charge in [-0.3, -0.25) is 14.9 Å². The van der Waals surface area contributed by atoms with E-state index in [1.54, 1.807) is 0 Å². The SMILES string of the molecule is NC1CCCCC1C(=O)C1CCC(CC(=O)Nc2nnc(C(F)(F)F)o2)CC1. The van der Waals surface area contributed by atoms with Gasteiger partial charge < -0.3 is 10.2 Å². The Kier molecular flexibility index (Phi) is 6.36. The molecule has 2 unspecified atom stereocenters. The number of carbonyl (C=O) groups is 2. The maximum absolute atomic E-state index is 12.7. The normalized spacial score (nSPS) is 28.7. The van der Waals surface area contributed by atoms with Crippen LogP contribution in [0.15, 0.2) is 4.42 Å². The van der Waals surface area contributed by atoms with Crippen molar-refractivity contribution in [2.75, 3.05) is 5.32 Å². The molecule has 2 aliphatic carbocycles. The van der Waals surface area contributed by atoms with Crippen LogP contribution < -0.4 is 11.1 Å². The summed E-state index contributed by atoms with van der Waals surface area (Å²) in [7, 11) is 0. The van der Waals surface area contributed by atoms with E-state index in [1.807, 2.05) is 0 Å². The molecule has 2 saturated carbocycles. The molecule has 1 heterocycles. The molecule has 0 radical (unpaired) electrons. The lowest BCUT2D eigenvalue weighted by molar-refractivity contribution is -0.157. The molecule has 0 aromatic carbocycles. The van der Waals surface area contributed by atoms with E-state index < -0.39 is 24.0 Å². The Bertz CT molecular complexity index is 698. The summed E-state index contributed by atoms with van der Waals surface area (Å²) in [6, 6.07) is -0.603. The zero-order valence-electron chi connectivity index (χ0n) is 15.5. The molecule has 28 heavy (non-hydrogen) atoms. The Hall–Kier alpha value is -1.97. The first kappa shape index (κ1) is 20.8. The third-order valence-corrected chi connectivity index (χ3v) is 5.82. The van der Waals surface area contributed by atoms with Crippen molar-refractivity contribution in [3.63, 3.8) is 0 Å². The smallest absolute Gasteiger partial charge is 0.399 e. The van der Waals surface area contributed by atoms with Gasteiger partial charge in [-0.05, 0) is 44.4 Å². The van der Waals surface area contributed by atoms with Gasteiger partial charge in [-0.2, -0.15) is 13.2 Å². The van der Waals surface area contributed by atoms with E-state index in [0.717, 1.165) is 51.4 Å². The van der Waals surface area contributed by atoms with Gasteiger partial charge in [-0.25, -0.2) is 0 Å². The number of hydrogen-bond donors (Lipinski definition) is 2. The van der Waals surface area contributed by atoms with Crippen molar-refractivity contribution < 1.29 is 27.2 Å². The number of hydrogen-bond acceptors (Lipinski definition) is 6. The number of carbonyl (C=O) groups excluding carboxylic acids is 2. The summed E-state index contributed by atoms with van der Waals surface area (Å²) < 4.78 is 41.7. The molecule has 2 fully saturated rings. The topological polar surface area (TPSA) is 111 Å². The number of nitrogens with two attached hydrogens (primary N) is 1. The van der Waals surface area contributed by atoms with Crippen molar-refractivity contribution >= 4 is 17.7 Å². The first-order chi connectivity index (χ1) is 13.2. The fraction of sp³-hybridized carbons (Fsp3) is 0.778. The van der Waals surface area contributed by atoms with E-state index in [9.17, 15) is 22.8 Å². The minimum atomic E-state index is -4.75. The van der Waals surface area contributed by atoms with Gasteiger partial charge >= 0.3 is 18.1 Å². The first-order valence-electron chi connectivity index (χ1n) is 9.74. The number of aromatic nitrogens is 2. The van der Waals surface area contributed by atoms with E-state index in [1.165, 1.54) is 0 Å². The molecular formula is C18H25F3N4O3. The van der Waals surface area contributed by atoms with E-state index >= 15 is 0 Å². The standard InChI is InChI=1S/C18H25F3N4O3/c19-18(20,21)16-24-25-17(28-16)23-14(26)9-10-5-7-11(8-6-10)15(27)12-3-1-2-4-13(12)22/h10-13H,1-9,22H2,(H,23,25,26). The van der Waals surface area contributed by atoms with Crippen LogP contribution in [0.4, 0.5) is 19.2 Å². The third kappa shape index (κ3) is 5.09. The summed E-state index contributed by atoms with van der Waals surface area (Å²) in [5, 5.41) is 8.26. The summed E-state index contributed by atoms with van der Waals surface area (Å²) in [6.45, 7) is 0. The molecule has 1 amide bonds. The van der Waals surface area contributed by atoms with Gasteiger partial charge in [0.25, 0.3) is 0 Å². The second-order valence-corrected chi connectivity index (χ2v) is 7.84. The van der Waals surface area contributed by atoms with Crippen LogP contribution in [0, 0.1) is 17.8 Å². The highest BCUT2D eigenvalue weighted by molar-refractivity contribution is 5.88. The van der Waals surface area contributed by atoms with Gasteiger partial charge in [0.05, 0.1) is 0 Å². The predicted molar refractivity (Wildman–Crippen MR) is 92.9 cm³/mol. The Labute approximate surface area is 160 Å². The molecular weight excluding hydrogens is 377 g/mol. The highest BCUT2D eigenvalue weighted by Gasteiger charge is 2.38.